The van der Waals surface area contributed by atoms with Gasteiger partial charge in [0.05, 0.1) is 25.5 Å². The fourth-order valence-corrected chi connectivity index (χ4v) is 3.21. The molecule has 7 heteroatoms. The summed E-state index contributed by atoms with van der Waals surface area (Å²) in [6.45, 7) is 1.10. The van der Waals surface area contributed by atoms with Crippen LogP contribution in [-0.2, 0) is 13.1 Å². The molecule has 0 saturated carbocycles. The van der Waals surface area contributed by atoms with Crippen molar-refractivity contribution >= 4 is 17.1 Å². The number of ether oxygens (including phenoxy) is 1. The Labute approximate surface area is 168 Å². The molecule has 3 aromatic heterocycles. The van der Waals surface area contributed by atoms with Crippen LogP contribution in [0.4, 0.5) is 0 Å². The van der Waals surface area contributed by atoms with E-state index in [4.69, 9.17) is 4.74 Å². The van der Waals surface area contributed by atoms with Gasteiger partial charge in [-0.05, 0) is 35.4 Å². The number of benzene rings is 1. The molecule has 0 aliphatic heterocycles. The van der Waals surface area contributed by atoms with Gasteiger partial charge < -0.3 is 14.2 Å². The molecular formula is C22H21N5O2. The van der Waals surface area contributed by atoms with Gasteiger partial charge >= 0.3 is 0 Å². The maximum Gasteiger partial charge on any atom is 0.255 e. The molecule has 0 aliphatic carbocycles. The van der Waals surface area contributed by atoms with Crippen molar-refractivity contribution in [1.82, 2.24) is 24.4 Å². The topological polar surface area (TPSA) is 73.1 Å². The van der Waals surface area contributed by atoms with Crippen LogP contribution in [0.3, 0.4) is 0 Å². The zero-order valence-corrected chi connectivity index (χ0v) is 16.3. The molecule has 29 heavy (non-hydrogen) atoms. The lowest BCUT2D eigenvalue weighted by molar-refractivity contribution is 0.0784. The Morgan fingerprint density at radius 1 is 1.10 bits per heavy atom. The number of nitrogens with zero attached hydrogens (tertiary/aromatic N) is 5. The van der Waals surface area contributed by atoms with E-state index in [1.54, 1.807) is 43.8 Å². The summed E-state index contributed by atoms with van der Waals surface area (Å²) in [5.74, 6) is 0.662. The Morgan fingerprint density at radius 2 is 1.97 bits per heavy atom. The average molecular weight is 387 g/mol. The fraction of sp³-hybridized carbons (Fsp3) is 0.182. The standard InChI is InChI=1S/C22H21N5O2/c1-26(13-16-5-3-7-19(9-16)29-2)22(28)18-10-20-21(24-12-18)27(15-25-20)14-17-6-4-8-23-11-17/h3-12,15H,13-14H2,1-2H3. The van der Waals surface area contributed by atoms with Crippen molar-refractivity contribution in [2.75, 3.05) is 14.2 Å². The van der Waals surface area contributed by atoms with E-state index in [0.29, 0.717) is 24.2 Å². The van der Waals surface area contributed by atoms with Gasteiger partial charge in [0.25, 0.3) is 5.91 Å². The molecule has 0 bridgehead atoms. The second-order valence-electron chi connectivity index (χ2n) is 6.81. The van der Waals surface area contributed by atoms with E-state index >= 15 is 0 Å². The lowest BCUT2D eigenvalue weighted by Crippen LogP contribution is -2.26. The molecule has 1 aromatic carbocycles. The lowest BCUT2D eigenvalue weighted by Gasteiger charge is -2.17. The second-order valence-corrected chi connectivity index (χ2v) is 6.81. The van der Waals surface area contributed by atoms with Crippen molar-refractivity contribution < 1.29 is 9.53 Å². The number of fused-ring (bicyclic) bond motifs is 1. The van der Waals surface area contributed by atoms with Crippen LogP contribution < -0.4 is 4.74 Å². The first kappa shape index (κ1) is 18.6. The molecule has 4 aromatic rings. The first-order valence-electron chi connectivity index (χ1n) is 9.22. The summed E-state index contributed by atoms with van der Waals surface area (Å²) >= 11 is 0. The molecule has 146 valence electrons. The Balaban J connectivity index is 1.52. The molecule has 7 nitrogen and oxygen atoms in total. The van der Waals surface area contributed by atoms with Gasteiger partial charge in [-0.1, -0.05) is 18.2 Å². The zero-order chi connectivity index (χ0) is 20.2. The molecule has 0 saturated heterocycles. The van der Waals surface area contributed by atoms with Crippen LogP contribution in [0.2, 0.25) is 0 Å². The Kier molecular flexibility index (Phi) is 5.20. The maximum absolute atomic E-state index is 12.9. The molecule has 3 heterocycles. The van der Waals surface area contributed by atoms with Crippen molar-refractivity contribution in [1.29, 1.82) is 0 Å². The number of rotatable bonds is 6. The maximum atomic E-state index is 12.9. The number of imidazole rings is 1. The van der Waals surface area contributed by atoms with E-state index in [1.165, 1.54) is 0 Å². The van der Waals surface area contributed by atoms with Crippen LogP contribution in [0.15, 0.2) is 67.4 Å². The van der Waals surface area contributed by atoms with Gasteiger partial charge in [-0.25, -0.2) is 9.97 Å². The van der Waals surface area contributed by atoms with E-state index in [9.17, 15) is 4.79 Å². The third-order valence-electron chi connectivity index (χ3n) is 4.68. The van der Waals surface area contributed by atoms with Crippen molar-refractivity contribution in [3.8, 4) is 5.75 Å². The van der Waals surface area contributed by atoms with E-state index < -0.39 is 0 Å². The van der Waals surface area contributed by atoms with Crippen molar-refractivity contribution in [2.24, 2.45) is 0 Å². The van der Waals surface area contributed by atoms with Crippen molar-refractivity contribution in [3.63, 3.8) is 0 Å². The van der Waals surface area contributed by atoms with Gasteiger partial charge in [-0.15, -0.1) is 0 Å². The highest BCUT2D eigenvalue weighted by atomic mass is 16.5. The first-order chi connectivity index (χ1) is 14.1. The Morgan fingerprint density at radius 3 is 2.76 bits per heavy atom. The van der Waals surface area contributed by atoms with E-state index in [2.05, 4.69) is 15.0 Å². The second kappa shape index (κ2) is 8.10. The highest BCUT2D eigenvalue weighted by Gasteiger charge is 2.15. The summed E-state index contributed by atoms with van der Waals surface area (Å²) in [4.78, 5) is 27.6. The summed E-state index contributed by atoms with van der Waals surface area (Å²) in [5, 5.41) is 0. The SMILES string of the molecule is COc1cccc(CN(C)C(=O)c2cnc3c(c2)ncn3Cc2cccnc2)c1. The Hall–Kier alpha value is -3.74. The van der Waals surface area contributed by atoms with E-state index in [-0.39, 0.29) is 5.91 Å². The highest BCUT2D eigenvalue weighted by Crippen LogP contribution is 2.17. The van der Waals surface area contributed by atoms with Gasteiger partial charge in [-0.2, -0.15) is 0 Å². The van der Waals surface area contributed by atoms with Gasteiger partial charge in [0.2, 0.25) is 0 Å². The van der Waals surface area contributed by atoms with Crippen LogP contribution in [0.1, 0.15) is 21.5 Å². The molecule has 0 spiro atoms. The molecule has 0 unspecified atom stereocenters. The Bertz CT molecular complexity index is 1140. The molecule has 0 aliphatic rings. The van der Waals surface area contributed by atoms with Crippen molar-refractivity contribution in [2.45, 2.75) is 13.1 Å². The quantitative estimate of drug-likeness (QED) is 0.508. The normalized spacial score (nSPS) is 10.8. The smallest absolute Gasteiger partial charge is 0.255 e. The highest BCUT2D eigenvalue weighted by molar-refractivity contribution is 5.96. The minimum Gasteiger partial charge on any atom is -0.497 e. The van der Waals surface area contributed by atoms with Gasteiger partial charge in [0, 0.05) is 32.2 Å². The minimum atomic E-state index is -0.107. The average Bonchev–Trinajstić information content (AvgIpc) is 3.16. The van der Waals surface area contributed by atoms with Gasteiger partial charge in [0.15, 0.2) is 5.65 Å². The van der Waals surface area contributed by atoms with E-state index in [0.717, 1.165) is 22.5 Å². The van der Waals surface area contributed by atoms with Crippen molar-refractivity contribution in [3.05, 3.63) is 84.1 Å². The summed E-state index contributed by atoms with van der Waals surface area (Å²) in [6.07, 6.45) is 6.90. The molecule has 0 N–H and O–H groups in total. The third-order valence-corrected chi connectivity index (χ3v) is 4.68. The minimum absolute atomic E-state index is 0.107. The number of pyridine rings is 2. The number of amides is 1. The molecule has 0 atom stereocenters. The number of methoxy groups -OCH3 is 1. The number of aromatic nitrogens is 4. The summed E-state index contributed by atoms with van der Waals surface area (Å²) in [7, 11) is 3.40. The summed E-state index contributed by atoms with van der Waals surface area (Å²) in [6, 6.07) is 13.4. The van der Waals surface area contributed by atoms with Crippen LogP contribution in [0.5, 0.6) is 5.75 Å². The molecule has 0 radical (unpaired) electrons. The molecular weight excluding hydrogens is 366 g/mol. The molecule has 1 amide bonds. The van der Waals surface area contributed by atoms with Crippen LogP contribution in [0, 0.1) is 0 Å². The third kappa shape index (κ3) is 4.08. The summed E-state index contributed by atoms with van der Waals surface area (Å²) in [5.41, 5.74) is 3.99. The summed E-state index contributed by atoms with van der Waals surface area (Å²) < 4.78 is 7.19. The predicted octanol–water partition coefficient (Wildman–Crippen LogP) is 3.16. The number of hydrogen-bond donors (Lipinski definition) is 0. The largest absolute Gasteiger partial charge is 0.497 e. The number of hydrogen-bond acceptors (Lipinski definition) is 5. The molecule has 4 rings (SSSR count). The fourth-order valence-electron chi connectivity index (χ4n) is 3.21. The number of carbonyl (C=O) groups is 1. The monoisotopic (exact) mass is 387 g/mol. The van der Waals surface area contributed by atoms with Crippen LogP contribution in [-0.4, -0.2) is 44.5 Å². The van der Waals surface area contributed by atoms with Crippen LogP contribution >= 0.6 is 0 Å². The van der Waals surface area contributed by atoms with E-state index in [1.807, 2.05) is 47.2 Å². The first-order valence-corrected chi connectivity index (χ1v) is 9.22. The van der Waals surface area contributed by atoms with Crippen LogP contribution in [0.25, 0.3) is 11.2 Å². The van der Waals surface area contributed by atoms with Gasteiger partial charge in [-0.3, -0.25) is 9.78 Å². The van der Waals surface area contributed by atoms with Gasteiger partial charge in [0.1, 0.15) is 11.3 Å². The lowest BCUT2D eigenvalue weighted by atomic mass is 10.2. The zero-order valence-electron chi connectivity index (χ0n) is 16.3. The predicted molar refractivity (Wildman–Crippen MR) is 110 cm³/mol. The molecule has 0 fully saturated rings. The number of carbonyl (C=O) groups excluding carboxylic acids is 1.